The van der Waals surface area contributed by atoms with Gasteiger partial charge >= 0.3 is 0 Å². The van der Waals surface area contributed by atoms with E-state index in [1.807, 2.05) is 30.3 Å². The molecule has 0 spiro atoms. The van der Waals surface area contributed by atoms with Gasteiger partial charge in [-0.25, -0.2) is 0 Å². The van der Waals surface area contributed by atoms with Crippen LogP contribution in [0.15, 0.2) is 42.7 Å². The van der Waals surface area contributed by atoms with Crippen molar-refractivity contribution < 1.29 is 4.74 Å². The van der Waals surface area contributed by atoms with Crippen molar-refractivity contribution in [3.05, 3.63) is 42.7 Å². The first-order valence-electron chi connectivity index (χ1n) is 4.65. The van der Waals surface area contributed by atoms with Crippen LogP contribution in [-0.4, -0.2) is 12.1 Å². The summed E-state index contributed by atoms with van der Waals surface area (Å²) in [4.78, 5) is 3.97. The van der Waals surface area contributed by atoms with E-state index in [0.29, 0.717) is 5.69 Å². The summed E-state index contributed by atoms with van der Waals surface area (Å²) >= 11 is 0. The summed E-state index contributed by atoms with van der Waals surface area (Å²) in [5, 5.41) is 0. The van der Waals surface area contributed by atoms with Gasteiger partial charge < -0.3 is 10.5 Å². The van der Waals surface area contributed by atoms with Crippen LogP contribution in [0.2, 0.25) is 0 Å². The molecule has 0 saturated heterocycles. The third-order valence-corrected chi connectivity index (χ3v) is 2.25. The first-order chi connectivity index (χ1) is 7.31. The van der Waals surface area contributed by atoms with Gasteiger partial charge in [0.05, 0.1) is 7.11 Å². The van der Waals surface area contributed by atoms with Crippen LogP contribution in [0, 0.1) is 0 Å². The van der Waals surface area contributed by atoms with E-state index in [9.17, 15) is 0 Å². The van der Waals surface area contributed by atoms with Gasteiger partial charge in [0.15, 0.2) is 0 Å². The minimum Gasteiger partial charge on any atom is -0.497 e. The summed E-state index contributed by atoms with van der Waals surface area (Å²) < 4.78 is 5.09. The molecule has 0 radical (unpaired) electrons. The van der Waals surface area contributed by atoms with Crippen LogP contribution >= 0.6 is 0 Å². The van der Waals surface area contributed by atoms with E-state index in [-0.39, 0.29) is 0 Å². The normalized spacial score (nSPS) is 9.93. The molecule has 1 aromatic heterocycles. The Morgan fingerprint density at radius 3 is 2.47 bits per heavy atom. The predicted octanol–water partition coefficient (Wildman–Crippen LogP) is 2.34. The van der Waals surface area contributed by atoms with Gasteiger partial charge in [0.2, 0.25) is 0 Å². The number of rotatable bonds is 2. The van der Waals surface area contributed by atoms with Crippen molar-refractivity contribution >= 4 is 5.69 Å². The number of nitrogens with two attached hydrogens (primary N) is 1. The molecule has 0 aliphatic rings. The van der Waals surface area contributed by atoms with E-state index in [0.717, 1.165) is 16.9 Å². The first-order valence-corrected chi connectivity index (χ1v) is 4.65. The molecular formula is C12H12N2O. The molecule has 76 valence electrons. The monoisotopic (exact) mass is 200 g/mol. The molecule has 2 N–H and O–H groups in total. The Labute approximate surface area is 88.5 Å². The van der Waals surface area contributed by atoms with Crippen LogP contribution in [0.1, 0.15) is 0 Å². The molecule has 0 saturated carbocycles. The van der Waals surface area contributed by atoms with Crippen molar-refractivity contribution in [3.63, 3.8) is 0 Å². The average Bonchev–Trinajstić information content (AvgIpc) is 2.30. The van der Waals surface area contributed by atoms with Gasteiger partial charge in [-0.05, 0) is 29.8 Å². The number of anilines is 1. The zero-order valence-electron chi connectivity index (χ0n) is 8.47. The molecule has 0 atom stereocenters. The van der Waals surface area contributed by atoms with E-state index in [1.54, 1.807) is 19.5 Å². The molecule has 1 heterocycles. The zero-order chi connectivity index (χ0) is 10.7. The van der Waals surface area contributed by atoms with Gasteiger partial charge in [-0.15, -0.1) is 0 Å². The summed E-state index contributed by atoms with van der Waals surface area (Å²) in [7, 11) is 1.63. The molecule has 2 rings (SSSR count). The van der Waals surface area contributed by atoms with Gasteiger partial charge in [0.25, 0.3) is 0 Å². The van der Waals surface area contributed by atoms with Crippen LogP contribution in [0.3, 0.4) is 0 Å². The van der Waals surface area contributed by atoms with Crippen molar-refractivity contribution in [2.75, 3.05) is 12.8 Å². The highest BCUT2D eigenvalue weighted by molar-refractivity contribution is 5.77. The van der Waals surface area contributed by atoms with Crippen LogP contribution in [0.5, 0.6) is 5.75 Å². The minimum absolute atomic E-state index is 0.709. The van der Waals surface area contributed by atoms with Gasteiger partial charge in [0, 0.05) is 29.7 Å². The molecule has 0 bridgehead atoms. The van der Waals surface area contributed by atoms with Crippen molar-refractivity contribution in [3.8, 4) is 16.9 Å². The minimum atomic E-state index is 0.709. The summed E-state index contributed by atoms with van der Waals surface area (Å²) in [5.74, 6) is 0.769. The van der Waals surface area contributed by atoms with Gasteiger partial charge in [-0.2, -0.15) is 0 Å². The molecule has 3 heteroatoms. The topological polar surface area (TPSA) is 48.1 Å². The third-order valence-electron chi connectivity index (χ3n) is 2.25. The maximum absolute atomic E-state index is 5.93. The maximum atomic E-state index is 5.93. The number of nitrogen functional groups attached to an aromatic ring is 1. The molecule has 0 amide bonds. The van der Waals surface area contributed by atoms with Gasteiger partial charge in [0.1, 0.15) is 5.75 Å². The van der Waals surface area contributed by atoms with Crippen LogP contribution in [0.25, 0.3) is 11.1 Å². The molecule has 0 aliphatic heterocycles. The summed E-state index contributed by atoms with van der Waals surface area (Å²) in [5.41, 5.74) is 8.70. The molecule has 0 fully saturated rings. The highest BCUT2D eigenvalue weighted by Crippen LogP contribution is 2.28. The zero-order valence-corrected chi connectivity index (χ0v) is 8.47. The van der Waals surface area contributed by atoms with E-state index >= 15 is 0 Å². The molecule has 0 aliphatic carbocycles. The van der Waals surface area contributed by atoms with Crippen molar-refractivity contribution in [2.24, 2.45) is 0 Å². The average molecular weight is 200 g/mol. The predicted molar refractivity (Wildman–Crippen MR) is 60.6 cm³/mol. The quantitative estimate of drug-likeness (QED) is 0.757. The number of aromatic nitrogens is 1. The smallest absolute Gasteiger partial charge is 0.120 e. The molecule has 3 nitrogen and oxygen atoms in total. The van der Waals surface area contributed by atoms with Crippen LogP contribution in [0.4, 0.5) is 5.69 Å². The molecule has 2 aromatic rings. The number of nitrogens with zero attached hydrogens (tertiary/aromatic N) is 1. The molecule has 1 aromatic carbocycles. The fraction of sp³-hybridized carbons (Fsp3) is 0.0833. The lowest BCUT2D eigenvalue weighted by Gasteiger charge is -2.07. The Kier molecular flexibility index (Phi) is 2.54. The van der Waals surface area contributed by atoms with Crippen molar-refractivity contribution in [2.45, 2.75) is 0 Å². The number of hydrogen-bond acceptors (Lipinski definition) is 3. The number of benzene rings is 1. The molecule has 0 unspecified atom stereocenters. The Balaban J connectivity index is 2.46. The Morgan fingerprint density at radius 1 is 1.13 bits per heavy atom. The lowest BCUT2D eigenvalue weighted by atomic mass is 10.1. The SMILES string of the molecule is COc1ccc(-c2ccncc2)c(N)c1. The number of hydrogen-bond donors (Lipinski definition) is 1. The summed E-state index contributed by atoms with van der Waals surface area (Å²) in [6, 6.07) is 9.52. The van der Waals surface area contributed by atoms with Gasteiger partial charge in [-0.1, -0.05) is 0 Å². The molecular weight excluding hydrogens is 188 g/mol. The Morgan fingerprint density at radius 2 is 1.87 bits per heavy atom. The largest absolute Gasteiger partial charge is 0.497 e. The molecule has 15 heavy (non-hydrogen) atoms. The number of methoxy groups -OCH3 is 1. The highest BCUT2D eigenvalue weighted by Gasteiger charge is 2.02. The standard InChI is InChI=1S/C12H12N2O/c1-15-10-2-3-11(12(13)8-10)9-4-6-14-7-5-9/h2-8H,13H2,1H3. The highest BCUT2D eigenvalue weighted by atomic mass is 16.5. The summed E-state index contributed by atoms with van der Waals surface area (Å²) in [6.07, 6.45) is 3.50. The van der Waals surface area contributed by atoms with Crippen molar-refractivity contribution in [1.29, 1.82) is 0 Å². The van der Waals surface area contributed by atoms with E-state index in [4.69, 9.17) is 10.5 Å². The van der Waals surface area contributed by atoms with Crippen molar-refractivity contribution in [1.82, 2.24) is 4.98 Å². The number of ether oxygens (including phenoxy) is 1. The van der Waals surface area contributed by atoms with Crippen LogP contribution in [-0.2, 0) is 0 Å². The fourth-order valence-electron chi connectivity index (χ4n) is 1.46. The second kappa shape index (κ2) is 4.00. The van der Waals surface area contributed by atoms with Crippen LogP contribution < -0.4 is 10.5 Å². The second-order valence-electron chi connectivity index (χ2n) is 3.19. The third kappa shape index (κ3) is 1.91. The Bertz CT molecular complexity index is 454. The van der Waals surface area contributed by atoms with E-state index < -0.39 is 0 Å². The van der Waals surface area contributed by atoms with E-state index in [2.05, 4.69) is 4.98 Å². The lowest BCUT2D eigenvalue weighted by Crippen LogP contribution is -1.92. The van der Waals surface area contributed by atoms with E-state index in [1.165, 1.54) is 0 Å². The number of pyridine rings is 1. The fourth-order valence-corrected chi connectivity index (χ4v) is 1.46. The second-order valence-corrected chi connectivity index (χ2v) is 3.19. The van der Waals surface area contributed by atoms with Gasteiger partial charge in [-0.3, -0.25) is 4.98 Å². The summed E-state index contributed by atoms with van der Waals surface area (Å²) in [6.45, 7) is 0. The lowest BCUT2D eigenvalue weighted by molar-refractivity contribution is 0.415. The first kappa shape index (κ1) is 9.52. The Hall–Kier alpha value is -2.03. The maximum Gasteiger partial charge on any atom is 0.120 e.